The van der Waals surface area contributed by atoms with Crippen molar-refractivity contribution in [2.24, 2.45) is 11.7 Å². The van der Waals surface area contributed by atoms with Crippen LogP contribution in [0.3, 0.4) is 0 Å². The first-order chi connectivity index (χ1) is 6.86. The van der Waals surface area contributed by atoms with Crippen molar-refractivity contribution in [2.45, 2.75) is 40.2 Å². The first-order valence-corrected chi connectivity index (χ1v) is 4.98. The number of carboxylic acid groups (broad SMARTS) is 1. The van der Waals surface area contributed by atoms with Gasteiger partial charge in [0.25, 0.3) is 0 Å². The Kier molecular flexibility index (Phi) is 15.8. The summed E-state index contributed by atoms with van der Waals surface area (Å²) in [7, 11) is 0. The smallest absolute Gasteiger partial charge is 0.320 e. The van der Waals surface area contributed by atoms with Crippen LogP contribution in [-0.2, 0) is 14.3 Å². The third-order valence-electron chi connectivity index (χ3n) is 1.89. The molecule has 0 aromatic rings. The van der Waals surface area contributed by atoms with Gasteiger partial charge in [0.2, 0.25) is 0 Å². The van der Waals surface area contributed by atoms with Crippen molar-refractivity contribution in [3.63, 3.8) is 0 Å². The van der Waals surface area contributed by atoms with Crippen LogP contribution in [0.4, 0.5) is 0 Å². The van der Waals surface area contributed by atoms with Crippen LogP contribution >= 0.6 is 12.4 Å². The van der Waals surface area contributed by atoms with Crippen LogP contribution in [-0.4, -0.2) is 29.7 Å². The number of carbonyl (C=O) groups is 2. The molecule has 98 valence electrons. The van der Waals surface area contributed by atoms with Crippen molar-refractivity contribution >= 4 is 24.3 Å². The summed E-state index contributed by atoms with van der Waals surface area (Å²) < 4.78 is 4.40. The maximum atomic E-state index is 10.2. The molecule has 0 heterocycles. The predicted octanol–water partition coefficient (Wildman–Crippen LogP) is 1.44. The molecule has 2 atom stereocenters. The minimum Gasteiger partial charge on any atom is -0.480 e. The highest BCUT2D eigenvalue weighted by molar-refractivity contribution is 5.85. The normalized spacial score (nSPS) is 12.3. The molecule has 0 amide bonds. The number of hydrogen-bond acceptors (Lipinski definition) is 4. The predicted molar refractivity (Wildman–Crippen MR) is 64.6 cm³/mol. The maximum absolute atomic E-state index is 10.2. The quantitative estimate of drug-likeness (QED) is 0.742. The second-order valence-corrected chi connectivity index (χ2v) is 3.17. The molecule has 16 heavy (non-hydrogen) atoms. The Labute approximate surface area is 103 Å². The van der Waals surface area contributed by atoms with Gasteiger partial charge in [-0.15, -0.1) is 12.4 Å². The van der Waals surface area contributed by atoms with Crippen molar-refractivity contribution in [1.29, 1.82) is 0 Å². The largest absolute Gasteiger partial charge is 0.480 e. The molecule has 0 aliphatic heterocycles. The molecule has 0 saturated carbocycles. The fourth-order valence-corrected chi connectivity index (χ4v) is 0.701. The zero-order chi connectivity index (χ0) is 12.4. The van der Waals surface area contributed by atoms with E-state index in [4.69, 9.17) is 10.8 Å². The number of esters is 1. The van der Waals surface area contributed by atoms with Crippen LogP contribution in [0.2, 0.25) is 0 Å². The van der Waals surface area contributed by atoms with Crippen molar-refractivity contribution in [3.05, 3.63) is 0 Å². The van der Waals surface area contributed by atoms with Crippen LogP contribution in [0.1, 0.15) is 34.1 Å². The lowest BCUT2D eigenvalue weighted by molar-refractivity contribution is -0.141. The topological polar surface area (TPSA) is 89.6 Å². The van der Waals surface area contributed by atoms with E-state index >= 15 is 0 Å². The number of aliphatic carboxylic acids is 1. The van der Waals surface area contributed by atoms with Gasteiger partial charge in [0.1, 0.15) is 6.04 Å². The second kappa shape index (κ2) is 12.3. The Balaban J connectivity index is -0.000000214. The molecule has 0 aromatic heterocycles. The van der Waals surface area contributed by atoms with E-state index in [-0.39, 0.29) is 24.3 Å². The van der Waals surface area contributed by atoms with Gasteiger partial charge in [-0.1, -0.05) is 20.3 Å². The molecule has 0 radical (unpaired) electrons. The molecule has 2 unspecified atom stereocenters. The third-order valence-corrected chi connectivity index (χ3v) is 1.89. The third kappa shape index (κ3) is 13.2. The molecule has 3 N–H and O–H groups in total. The van der Waals surface area contributed by atoms with Crippen molar-refractivity contribution in [1.82, 2.24) is 0 Å². The molecule has 0 fully saturated rings. The Bertz CT molecular complexity index is 199. The van der Waals surface area contributed by atoms with E-state index in [1.807, 2.05) is 13.8 Å². The first kappa shape index (κ1) is 20.6. The summed E-state index contributed by atoms with van der Waals surface area (Å²) in [6, 6.07) is -0.699. The lowest BCUT2D eigenvalue weighted by Gasteiger charge is -2.11. The maximum Gasteiger partial charge on any atom is 0.320 e. The summed E-state index contributed by atoms with van der Waals surface area (Å²) in [4.78, 5) is 20.0. The SMILES string of the molecule is CCC(C)C(N)C(=O)O.CCOC(C)=O.Cl. The number of rotatable bonds is 4. The van der Waals surface area contributed by atoms with Gasteiger partial charge in [0, 0.05) is 6.92 Å². The first-order valence-electron chi connectivity index (χ1n) is 4.98. The Morgan fingerprint density at radius 3 is 1.88 bits per heavy atom. The van der Waals surface area contributed by atoms with E-state index in [0.717, 1.165) is 6.42 Å². The van der Waals surface area contributed by atoms with E-state index < -0.39 is 12.0 Å². The highest BCUT2D eigenvalue weighted by Gasteiger charge is 2.17. The molecule has 5 nitrogen and oxygen atoms in total. The molecule has 0 aliphatic carbocycles. The summed E-state index contributed by atoms with van der Waals surface area (Å²) in [5.41, 5.74) is 5.27. The van der Waals surface area contributed by atoms with Gasteiger partial charge in [-0.3, -0.25) is 9.59 Å². The van der Waals surface area contributed by atoms with Gasteiger partial charge in [-0.2, -0.15) is 0 Å². The molecular formula is C10H22ClNO4. The van der Waals surface area contributed by atoms with Crippen LogP contribution in [0.5, 0.6) is 0 Å². The highest BCUT2D eigenvalue weighted by atomic mass is 35.5. The van der Waals surface area contributed by atoms with Crippen LogP contribution in [0.15, 0.2) is 0 Å². The zero-order valence-electron chi connectivity index (χ0n) is 10.2. The highest BCUT2D eigenvalue weighted by Crippen LogP contribution is 2.04. The lowest BCUT2D eigenvalue weighted by Crippen LogP contribution is -2.36. The fourth-order valence-electron chi connectivity index (χ4n) is 0.701. The number of ether oxygens (including phenoxy) is 1. The van der Waals surface area contributed by atoms with Crippen LogP contribution in [0.25, 0.3) is 0 Å². The molecule has 0 aromatic carbocycles. The van der Waals surface area contributed by atoms with Gasteiger partial charge in [-0.25, -0.2) is 0 Å². The zero-order valence-corrected chi connectivity index (χ0v) is 11.0. The average molecular weight is 256 g/mol. The van der Waals surface area contributed by atoms with E-state index in [2.05, 4.69) is 4.74 Å². The number of hydrogen-bond donors (Lipinski definition) is 2. The van der Waals surface area contributed by atoms with Gasteiger partial charge < -0.3 is 15.6 Å². The van der Waals surface area contributed by atoms with Crippen LogP contribution in [0, 0.1) is 5.92 Å². The van der Waals surface area contributed by atoms with Gasteiger partial charge in [0.05, 0.1) is 6.61 Å². The fraction of sp³-hybridized carbons (Fsp3) is 0.800. The van der Waals surface area contributed by atoms with Crippen molar-refractivity contribution in [2.75, 3.05) is 6.61 Å². The second-order valence-electron chi connectivity index (χ2n) is 3.17. The molecule has 0 aliphatic rings. The molecule has 0 spiro atoms. The van der Waals surface area contributed by atoms with Crippen LogP contribution < -0.4 is 5.73 Å². The van der Waals surface area contributed by atoms with E-state index in [0.29, 0.717) is 6.61 Å². The van der Waals surface area contributed by atoms with Gasteiger partial charge >= 0.3 is 11.9 Å². The molecule has 0 bridgehead atoms. The number of halogens is 1. The Hall–Kier alpha value is -0.810. The monoisotopic (exact) mass is 255 g/mol. The summed E-state index contributed by atoms with van der Waals surface area (Å²) in [5.74, 6) is -1.05. The summed E-state index contributed by atoms with van der Waals surface area (Å²) >= 11 is 0. The van der Waals surface area contributed by atoms with Gasteiger partial charge in [-0.05, 0) is 12.8 Å². The van der Waals surface area contributed by atoms with E-state index in [1.54, 1.807) is 6.92 Å². The molecule has 0 rings (SSSR count). The molecular weight excluding hydrogens is 234 g/mol. The standard InChI is InChI=1S/C6H13NO2.C4H8O2.ClH/c1-3-4(2)5(7)6(8)9;1-3-6-4(2)5;/h4-5H,3,7H2,1-2H3,(H,8,9);3H2,1-2H3;1H. The van der Waals surface area contributed by atoms with Crippen molar-refractivity contribution in [3.8, 4) is 0 Å². The van der Waals surface area contributed by atoms with Gasteiger partial charge in [0.15, 0.2) is 0 Å². The Morgan fingerprint density at radius 2 is 1.81 bits per heavy atom. The summed E-state index contributed by atoms with van der Waals surface area (Å²) in [5, 5.41) is 8.36. The average Bonchev–Trinajstić information content (AvgIpc) is 2.16. The summed E-state index contributed by atoms with van der Waals surface area (Å²) in [6.07, 6.45) is 0.813. The van der Waals surface area contributed by atoms with E-state index in [1.165, 1.54) is 6.92 Å². The Morgan fingerprint density at radius 1 is 1.38 bits per heavy atom. The minimum atomic E-state index is -0.913. The number of carbonyl (C=O) groups excluding carboxylic acids is 1. The molecule has 6 heteroatoms. The molecule has 0 saturated heterocycles. The number of nitrogens with two attached hydrogens (primary N) is 1. The van der Waals surface area contributed by atoms with Crippen molar-refractivity contribution < 1.29 is 19.4 Å². The minimum absolute atomic E-state index is 0. The number of carboxylic acids is 1. The van der Waals surface area contributed by atoms with E-state index in [9.17, 15) is 9.59 Å². The summed E-state index contributed by atoms with van der Waals surface area (Å²) in [6.45, 7) is 7.41. The lowest BCUT2D eigenvalue weighted by atomic mass is 10.0.